The van der Waals surface area contributed by atoms with Crippen LogP contribution in [-0.2, 0) is 4.74 Å². The molecule has 3 fully saturated rings. The number of thiol groups is 2. The van der Waals surface area contributed by atoms with Gasteiger partial charge in [-0.1, -0.05) is 31.7 Å². The van der Waals surface area contributed by atoms with Crippen molar-refractivity contribution in [1.82, 2.24) is 39.0 Å². The molecule has 230 valence electrons. The zero-order valence-electron chi connectivity index (χ0n) is 24.4. The Balaban J connectivity index is 1.15. The van der Waals surface area contributed by atoms with Crippen LogP contribution in [0.5, 0.6) is 0 Å². The number of hydrogen-bond acceptors (Lipinski definition) is 11. The van der Waals surface area contributed by atoms with Crippen LogP contribution in [0.1, 0.15) is 44.9 Å². The van der Waals surface area contributed by atoms with Crippen LogP contribution in [0.4, 0.5) is 11.6 Å². The van der Waals surface area contributed by atoms with Crippen LogP contribution in [0.2, 0.25) is 0 Å². The van der Waals surface area contributed by atoms with E-state index in [0.717, 1.165) is 56.0 Å². The summed E-state index contributed by atoms with van der Waals surface area (Å²) in [7, 11) is 0. The Kier molecular flexibility index (Phi) is 7.65. The number of rotatable bonds is 2. The van der Waals surface area contributed by atoms with Crippen LogP contribution in [0.3, 0.4) is 0 Å². The van der Waals surface area contributed by atoms with E-state index < -0.39 is 12.2 Å². The fourth-order valence-electron chi connectivity index (χ4n) is 7.80. The normalized spacial score (nSPS) is 37.1. The molecule has 0 aromatic carbocycles. The first kappa shape index (κ1) is 29.7. The quantitative estimate of drug-likeness (QED) is 0.174. The number of ether oxygens (including phenoxy) is 1. The van der Waals surface area contributed by atoms with E-state index in [0.29, 0.717) is 52.1 Å². The number of nitrogen functional groups attached to an aromatic ring is 2. The summed E-state index contributed by atoms with van der Waals surface area (Å²) < 4.78 is 11.1. The number of hydrogen-bond donors (Lipinski definition) is 4. The molecule has 2 saturated heterocycles. The summed E-state index contributed by atoms with van der Waals surface area (Å²) in [5, 5.41) is 0. The van der Waals surface area contributed by atoms with Crippen molar-refractivity contribution in [2.45, 2.75) is 51.0 Å². The second kappa shape index (κ2) is 11.1. The number of anilines is 2. The van der Waals surface area contributed by atoms with Gasteiger partial charge in [-0.25, -0.2) is 29.9 Å². The third kappa shape index (κ3) is 5.54. The standard InChI is InChI=1S/C28H40N10OP2S2/c1-16-20-11-41(3,43)6-4-17-8-19(37-14-35-22-24(29)31-12-33-26(22)37)9-18(17)10-40(2,42)7-5-21(20)39-28(16)38-15-36-23-25(30)32-13-34-27(23)38/h12-21,28,42-43H,2-11H2,1H3,(H2,29,31,33)(H2,30,32,34). The average Bonchev–Trinajstić information content (AvgIpc) is 3.72. The highest BCUT2D eigenvalue weighted by atomic mass is 32.7. The SMILES string of the molecule is C=P1(S)CCC2OC(n3cnc4c(N)ncnc43)C(C)C2CP(=C)(S)CCC2CC(n3cnc4c(N)ncnc43)CC2C1. The van der Waals surface area contributed by atoms with Crippen LogP contribution in [0, 0.1) is 23.7 Å². The van der Waals surface area contributed by atoms with Crippen molar-refractivity contribution in [3.05, 3.63) is 25.3 Å². The summed E-state index contributed by atoms with van der Waals surface area (Å²) >= 11 is 10.6. The molecule has 1 aliphatic carbocycles. The van der Waals surface area contributed by atoms with Crippen molar-refractivity contribution >= 4 is 83.2 Å². The van der Waals surface area contributed by atoms with Crippen molar-refractivity contribution in [3.8, 4) is 0 Å². The van der Waals surface area contributed by atoms with Gasteiger partial charge in [0.05, 0.1) is 18.8 Å². The van der Waals surface area contributed by atoms with E-state index in [2.05, 4.69) is 41.4 Å². The maximum Gasteiger partial charge on any atom is 0.167 e. The highest BCUT2D eigenvalue weighted by Crippen LogP contribution is 2.62. The van der Waals surface area contributed by atoms with E-state index >= 15 is 0 Å². The molecule has 15 heteroatoms. The third-order valence-electron chi connectivity index (χ3n) is 10.0. The molecule has 0 spiro atoms. The lowest BCUT2D eigenvalue weighted by molar-refractivity contribution is -0.0114. The van der Waals surface area contributed by atoms with E-state index in [1.165, 1.54) is 12.7 Å². The Morgan fingerprint density at radius 2 is 1.40 bits per heavy atom. The second-order valence-electron chi connectivity index (χ2n) is 13.0. The first-order valence-corrected chi connectivity index (χ1v) is 21.9. The Morgan fingerprint density at radius 1 is 0.814 bits per heavy atom. The van der Waals surface area contributed by atoms with Crippen molar-refractivity contribution in [2.24, 2.45) is 23.7 Å². The molecular weight excluding hydrogens is 618 g/mol. The van der Waals surface area contributed by atoms with Crippen molar-refractivity contribution < 1.29 is 4.74 Å². The molecule has 6 heterocycles. The molecule has 43 heavy (non-hydrogen) atoms. The zero-order valence-corrected chi connectivity index (χ0v) is 27.9. The zero-order chi connectivity index (χ0) is 30.1. The summed E-state index contributed by atoms with van der Waals surface area (Å²) in [4.78, 5) is 26.3. The minimum Gasteiger partial charge on any atom is -0.382 e. The fourth-order valence-corrected chi connectivity index (χ4v) is 14.3. The minimum absolute atomic E-state index is 0.0761. The minimum atomic E-state index is -1.75. The lowest BCUT2D eigenvalue weighted by Crippen LogP contribution is -2.26. The summed E-state index contributed by atoms with van der Waals surface area (Å²) in [5.41, 5.74) is 15.0. The summed E-state index contributed by atoms with van der Waals surface area (Å²) in [6.07, 6.45) is 20.8. The van der Waals surface area contributed by atoms with Gasteiger partial charge in [-0.3, -0.25) is 4.57 Å². The lowest BCUT2D eigenvalue weighted by Gasteiger charge is -2.33. The molecule has 2 aliphatic heterocycles. The smallest absolute Gasteiger partial charge is 0.167 e. The Hall–Kier alpha value is -2.04. The highest BCUT2D eigenvalue weighted by molar-refractivity contribution is 8.51. The third-order valence-corrected chi connectivity index (χ3v) is 16.7. The number of aromatic nitrogens is 8. The molecular formula is C28H40N10OP2S2. The molecule has 7 rings (SSSR count). The molecule has 9 atom stereocenters. The molecule has 4 aromatic rings. The Labute approximate surface area is 262 Å². The summed E-state index contributed by atoms with van der Waals surface area (Å²) in [6.45, 7) is 2.28. The largest absolute Gasteiger partial charge is 0.382 e. The van der Waals surface area contributed by atoms with Crippen molar-refractivity contribution in [1.29, 1.82) is 0 Å². The number of nitrogens with zero attached hydrogens (tertiary/aromatic N) is 8. The molecule has 4 aromatic heterocycles. The highest BCUT2D eigenvalue weighted by Gasteiger charge is 2.46. The summed E-state index contributed by atoms with van der Waals surface area (Å²) in [6, 6.07) is 0.316. The molecule has 0 radical (unpaired) electrons. The Morgan fingerprint density at radius 3 is 2.09 bits per heavy atom. The van der Waals surface area contributed by atoms with Gasteiger partial charge in [0, 0.05) is 12.0 Å². The van der Waals surface area contributed by atoms with Gasteiger partial charge in [0.25, 0.3) is 0 Å². The van der Waals surface area contributed by atoms with Gasteiger partial charge < -0.3 is 20.8 Å². The van der Waals surface area contributed by atoms with Crippen LogP contribution < -0.4 is 11.5 Å². The number of fused-ring (bicyclic) bond motifs is 4. The molecule has 9 unspecified atom stereocenters. The first-order valence-electron chi connectivity index (χ1n) is 14.9. The van der Waals surface area contributed by atoms with Gasteiger partial charge in [-0.05, 0) is 68.1 Å². The Bertz CT molecular complexity index is 1780. The topological polar surface area (TPSA) is 148 Å². The van der Waals surface area contributed by atoms with Gasteiger partial charge in [0.1, 0.15) is 29.9 Å². The molecule has 0 bridgehead atoms. The maximum absolute atomic E-state index is 6.87. The number of nitrogens with two attached hydrogens (primary N) is 2. The monoisotopic (exact) mass is 658 g/mol. The first-order chi connectivity index (χ1) is 20.5. The van der Waals surface area contributed by atoms with Gasteiger partial charge in [0.2, 0.25) is 0 Å². The lowest BCUT2D eigenvalue weighted by atomic mass is 9.91. The van der Waals surface area contributed by atoms with E-state index in [1.54, 1.807) is 6.33 Å². The molecule has 3 aliphatic rings. The van der Waals surface area contributed by atoms with E-state index in [1.807, 2.05) is 10.9 Å². The van der Waals surface area contributed by atoms with Gasteiger partial charge in [0.15, 0.2) is 22.9 Å². The fraction of sp³-hybridized carbons (Fsp3) is 0.571. The van der Waals surface area contributed by atoms with Gasteiger partial charge >= 0.3 is 0 Å². The summed E-state index contributed by atoms with van der Waals surface area (Å²) in [5.74, 6) is 2.47. The molecule has 0 amide bonds. The van der Waals surface area contributed by atoms with E-state index in [4.69, 9.17) is 53.3 Å². The van der Waals surface area contributed by atoms with Crippen LogP contribution in [0.15, 0.2) is 25.3 Å². The van der Waals surface area contributed by atoms with Crippen LogP contribution >= 0.6 is 36.7 Å². The van der Waals surface area contributed by atoms with Crippen molar-refractivity contribution in [3.63, 3.8) is 0 Å². The molecule has 11 nitrogen and oxygen atoms in total. The van der Waals surface area contributed by atoms with Crippen molar-refractivity contribution in [2.75, 3.05) is 36.1 Å². The number of imidazole rings is 2. The second-order valence-corrected chi connectivity index (χ2v) is 24.1. The van der Waals surface area contributed by atoms with E-state index in [-0.39, 0.29) is 18.2 Å². The molecule has 4 N–H and O–H groups in total. The van der Waals surface area contributed by atoms with E-state index in [9.17, 15) is 0 Å². The average molecular weight is 659 g/mol. The molecule has 1 saturated carbocycles. The van der Waals surface area contributed by atoms with Gasteiger partial charge in [-0.2, -0.15) is 24.5 Å². The van der Waals surface area contributed by atoms with Crippen LogP contribution in [0.25, 0.3) is 22.3 Å². The maximum atomic E-state index is 6.87. The van der Waals surface area contributed by atoms with Gasteiger partial charge in [-0.15, -0.1) is 0 Å². The predicted molar refractivity (Wildman–Crippen MR) is 186 cm³/mol. The van der Waals surface area contributed by atoms with Crippen LogP contribution in [-0.4, -0.2) is 82.4 Å². The predicted octanol–water partition coefficient (Wildman–Crippen LogP) is 4.93.